The van der Waals surface area contributed by atoms with Gasteiger partial charge in [0.15, 0.2) is 11.5 Å². The van der Waals surface area contributed by atoms with Gasteiger partial charge in [-0.25, -0.2) is 4.98 Å². The smallest absolute Gasteiger partial charge is 0.269 e. The summed E-state index contributed by atoms with van der Waals surface area (Å²) in [5.74, 6) is 0.877. The second kappa shape index (κ2) is 9.17. The summed E-state index contributed by atoms with van der Waals surface area (Å²) in [6.07, 6.45) is 0. The van der Waals surface area contributed by atoms with Gasteiger partial charge in [0, 0.05) is 17.7 Å². The van der Waals surface area contributed by atoms with Crippen LogP contribution < -0.4 is 20.3 Å². The van der Waals surface area contributed by atoms with Gasteiger partial charge < -0.3 is 14.0 Å². The molecule has 1 heterocycles. The first kappa shape index (κ1) is 21.6. The molecule has 1 aromatic heterocycles. The van der Waals surface area contributed by atoms with Crippen molar-refractivity contribution in [2.75, 3.05) is 13.7 Å². The van der Waals surface area contributed by atoms with Crippen LogP contribution in [0.25, 0.3) is 11.0 Å². The predicted molar refractivity (Wildman–Crippen MR) is 117 cm³/mol. The van der Waals surface area contributed by atoms with Crippen LogP contribution in [-0.2, 0) is 6.54 Å². The summed E-state index contributed by atoms with van der Waals surface area (Å²) in [5, 5.41) is 0. The van der Waals surface area contributed by atoms with Gasteiger partial charge in [-0.1, -0.05) is 0 Å². The number of fused-ring (bicyclic) bond motifs is 1. The standard InChI is InChI=1S/C21H23BrN4O4/c1-5-26-12(3)23-16-10-13(7-8-17(16)26)20(27)24-25-21(28)14-9-15(22)19(30-6-2)18(11-14)29-4/h7-11H,5-6H2,1-4H3,(H,24,27)(H,25,28). The van der Waals surface area contributed by atoms with E-state index < -0.39 is 11.8 Å². The van der Waals surface area contributed by atoms with Crippen molar-refractivity contribution in [3.8, 4) is 11.5 Å². The van der Waals surface area contributed by atoms with Crippen molar-refractivity contribution < 1.29 is 19.1 Å². The van der Waals surface area contributed by atoms with Crippen LogP contribution in [0.1, 0.15) is 40.4 Å². The fraction of sp³-hybridized carbons (Fsp3) is 0.286. The summed E-state index contributed by atoms with van der Waals surface area (Å²) in [5.41, 5.74) is 7.24. The molecule has 9 heteroatoms. The molecular formula is C21H23BrN4O4. The molecule has 0 unspecified atom stereocenters. The van der Waals surface area contributed by atoms with Crippen molar-refractivity contribution in [1.82, 2.24) is 20.4 Å². The number of imidazole rings is 1. The molecule has 0 aliphatic carbocycles. The van der Waals surface area contributed by atoms with E-state index in [1.807, 2.05) is 26.8 Å². The molecule has 158 valence electrons. The molecule has 8 nitrogen and oxygen atoms in total. The minimum absolute atomic E-state index is 0.301. The van der Waals surface area contributed by atoms with Crippen LogP contribution >= 0.6 is 15.9 Å². The molecule has 2 N–H and O–H groups in total. The van der Waals surface area contributed by atoms with Crippen LogP contribution in [0.4, 0.5) is 0 Å². The lowest BCUT2D eigenvalue weighted by atomic mass is 10.2. The Hall–Kier alpha value is -3.07. The van der Waals surface area contributed by atoms with E-state index in [-0.39, 0.29) is 0 Å². The van der Waals surface area contributed by atoms with Crippen LogP contribution in [0, 0.1) is 6.92 Å². The molecule has 30 heavy (non-hydrogen) atoms. The first-order valence-corrected chi connectivity index (χ1v) is 10.3. The maximum atomic E-state index is 12.5. The van der Waals surface area contributed by atoms with Crippen molar-refractivity contribution in [2.45, 2.75) is 27.3 Å². The van der Waals surface area contributed by atoms with Gasteiger partial charge in [0.25, 0.3) is 11.8 Å². The van der Waals surface area contributed by atoms with E-state index in [1.165, 1.54) is 7.11 Å². The van der Waals surface area contributed by atoms with Crippen LogP contribution in [0.2, 0.25) is 0 Å². The Morgan fingerprint density at radius 2 is 1.80 bits per heavy atom. The zero-order valence-electron chi connectivity index (χ0n) is 17.2. The number of aryl methyl sites for hydroxylation is 2. The first-order chi connectivity index (χ1) is 14.4. The number of rotatable bonds is 6. The number of carbonyl (C=O) groups is 2. The topological polar surface area (TPSA) is 94.5 Å². The van der Waals surface area contributed by atoms with Gasteiger partial charge >= 0.3 is 0 Å². The Morgan fingerprint density at radius 3 is 2.43 bits per heavy atom. The summed E-state index contributed by atoms with van der Waals surface area (Å²) >= 11 is 3.38. The second-order valence-corrected chi connectivity index (χ2v) is 7.29. The number of methoxy groups -OCH3 is 1. The molecular weight excluding hydrogens is 452 g/mol. The van der Waals surface area contributed by atoms with E-state index in [1.54, 1.807) is 24.3 Å². The van der Waals surface area contributed by atoms with Crippen LogP contribution in [-0.4, -0.2) is 35.1 Å². The summed E-state index contributed by atoms with van der Waals surface area (Å²) < 4.78 is 13.5. The Morgan fingerprint density at radius 1 is 1.10 bits per heavy atom. The van der Waals surface area contributed by atoms with Crippen molar-refractivity contribution in [3.05, 3.63) is 51.8 Å². The third kappa shape index (κ3) is 4.25. The van der Waals surface area contributed by atoms with E-state index in [9.17, 15) is 9.59 Å². The van der Waals surface area contributed by atoms with E-state index in [0.29, 0.717) is 33.7 Å². The maximum Gasteiger partial charge on any atom is 0.269 e. The summed E-state index contributed by atoms with van der Waals surface area (Å²) in [7, 11) is 1.49. The predicted octanol–water partition coefficient (Wildman–Crippen LogP) is 3.61. The normalized spacial score (nSPS) is 10.7. The number of benzene rings is 2. The quantitative estimate of drug-likeness (QED) is 0.532. The van der Waals surface area contributed by atoms with Crippen molar-refractivity contribution in [3.63, 3.8) is 0 Å². The highest BCUT2D eigenvalue weighted by Gasteiger charge is 2.17. The number of nitrogens with one attached hydrogen (secondary N) is 2. The molecule has 0 spiro atoms. The SMILES string of the molecule is CCOc1c(Br)cc(C(=O)NNC(=O)c2ccc3c(c2)nc(C)n3CC)cc1OC. The average Bonchev–Trinajstić information content (AvgIpc) is 3.06. The Kier molecular flexibility index (Phi) is 6.61. The molecule has 3 rings (SSSR count). The number of hydrazine groups is 1. The zero-order chi connectivity index (χ0) is 21.8. The second-order valence-electron chi connectivity index (χ2n) is 6.44. The van der Waals surface area contributed by atoms with Crippen molar-refractivity contribution in [2.24, 2.45) is 0 Å². The van der Waals surface area contributed by atoms with Gasteiger partial charge in [-0.05, 0) is 67.0 Å². The van der Waals surface area contributed by atoms with Crippen LogP contribution in [0.15, 0.2) is 34.8 Å². The van der Waals surface area contributed by atoms with Crippen LogP contribution in [0.5, 0.6) is 11.5 Å². The molecule has 0 fully saturated rings. The number of hydrogen-bond donors (Lipinski definition) is 2. The molecule has 0 aliphatic rings. The number of hydrogen-bond acceptors (Lipinski definition) is 5. The summed E-state index contributed by atoms with van der Waals surface area (Å²) in [4.78, 5) is 29.5. The van der Waals surface area contributed by atoms with Gasteiger partial charge in [0.2, 0.25) is 0 Å². The Labute approximate surface area is 182 Å². The van der Waals surface area contributed by atoms with Gasteiger partial charge in [0.1, 0.15) is 5.82 Å². The van der Waals surface area contributed by atoms with E-state index in [2.05, 4.69) is 36.3 Å². The van der Waals surface area contributed by atoms with Crippen molar-refractivity contribution >= 4 is 38.8 Å². The monoisotopic (exact) mass is 474 g/mol. The summed E-state index contributed by atoms with van der Waals surface area (Å²) in [6.45, 7) is 7.07. The van der Waals surface area contributed by atoms with E-state index >= 15 is 0 Å². The number of carbonyl (C=O) groups excluding carboxylic acids is 2. The lowest BCUT2D eigenvalue weighted by Crippen LogP contribution is -2.41. The number of nitrogens with zero attached hydrogens (tertiary/aromatic N) is 2. The minimum atomic E-state index is -0.488. The molecule has 2 aromatic carbocycles. The molecule has 0 aliphatic heterocycles. The zero-order valence-corrected chi connectivity index (χ0v) is 18.8. The molecule has 0 bridgehead atoms. The number of halogens is 1. The highest BCUT2D eigenvalue weighted by atomic mass is 79.9. The molecule has 0 radical (unpaired) electrons. The number of ether oxygens (including phenoxy) is 2. The fourth-order valence-electron chi connectivity index (χ4n) is 3.18. The Balaban J connectivity index is 1.73. The Bertz CT molecular complexity index is 1110. The van der Waals surface area contributed by atoms with E-state index in [4.69, 9.17) is 9.47 Å². The summed E-state index contributed by atoms with van der Waals surface area (Å²) in [6, 6.07) is 8.40. The molecule has 0 saturated carbocycles. The van der Waals surface area contributed by atoms with Gasteiger partial charge in [0.05, 0.1) is 29.2 Å². The largest absolute Gasteiger partial charge is 0.493 e. The van der Waals surface area contributed by atoms with E-state index in [0.717, 1.165) is 23.4 Å². The molecule has 2 amide bonds. The highest BCUT2D eigenvalue weighted by molar-refractivity contribution is 9.10. The fourth-order valence-corrected chi connectivity index (χ4v) is 3.74. The van der Waals surface area contributed by atoms with Gasteiger partial charge in [-0.15, -0.1) is 0 Å². The van der Waals surface area contributed by atoms with Crippen LogP contribution in [0.3, 0.4) is 0 Å². The lowest BCUT2D eigenvalue weighted by Gasteiger charge is -2.13. The van der Waals surface area contributed by atoms with Gasteiger partial charge in [-0.3, -0.25) is 20.4 Å². The minimum Gasteiger partial charge on any atom is -0.493 e. The van der Waals surface area contributed by atoms with Crippen molar-refractivity contribution in [1.29, 1.82) is 0 Å². The third-order valence-electron chi connectivity index (χ3n) is 4.59. The average molecular weight is 475 g/mol. The maximum absolute atomic E-state index is 12.5. The first-order valence-electron chi connectivity index (χ1n) is 9.47. The molecule has 0 saturated heterocycles. The third-order valence-corrected chi connectivity index (χ3v) is 5.18. The molecule has 0 atom stereocenters. The lowest BCUT2D eigenvalue weighted by molar-refractivity contribution is 0.0846. The molecule has 3 aromatic rings. The number of aromatic nitrogens is 2. The highest BCUT2D eigenvalue weighted by Crippen LogP contribution is 2.36. The number of amides is 2. The van der Waals surface area contributed by atoms with Gasteiger partial charge in [-0.2, -0.15) is 0 Å².